The molecule has 5 nitrogen and oxygen atoms in total. The van der Waals surface area contributed by atoms with E-state index >= 15 is 0 Å². The molecule has 1 aliphatic rings. The summed E-state index contributed by atoms with van der Waals surface area (Å²) in [5.74, 6) is 0.174. The third-order valence-corrected chi connectivity index (χ3v) is 4.67. The lowest BCUT2D eigenvalue weighted by molar-refractivity contribution is -0.131. The molecular weight excluding hydrogens is 326 g/mol. The lowest BCUT2D eigenvalue weighted by Crippen LogP contribution is -2.35. The summed E-state index contributed by atoms with van der Waals surface area (Å²) in [7, 11) is 0. The normalized spacial score (nSPS) is 13.0. The van der Waals surface area contributed by atoms with Gasteiger partial charge in [-0.15, -0.1) is 0 Å². The summed E-state index contributed by atoms with van der Waals surface area (Å²) in [6, 6.07) is 15.8. The number of urea groups is 1. The van der Waals surface area contributed by atoms with E-state index in [-0.39, 0.29) is 11.9 Å². The van der Waals surface area contributed by atoms with Gasteiger partial charge in [0.15, 0.2) is 0 Å². The molecule has 0 unspecified atom stereocenters. The number of carbonyl (C=O) groups is 2. The minimum absolute atomic E-state index is 0.174. The summed E-state index contributed by atoms with van der Waals surface area (Å²) >= 11 is 0. The van der Waals surface area contributed by atoms with Crippen LogP contribution in [0.4, 0.5) is 10.5 Å². The Morgan fingerprint density at radius 1 is 1.08 bits per heavy atom. The first kappa shape index (κ1) is 18.0. The average Bonchev–Trinajstić information content (AvgIpc) is 2.67. The zero-order valence-corrected chi connectivity index (χ0v) is 15.1. The quantitative estimate of drug-likeness (QED) is 0.868. The summed E-state index contributed by atoms with van der Waals surface area (Å²) in [5.41, 5.74) is 4.31. The molecule has 136 valence electrons. The van der Waals surface area contributed by atoms with Crippen LogP contribution < -0.4 is 10.6 Å². The molecule has 3 amide bonds. The van der Waals surface area contributed by atoms with Gasteiger partial charge in [0.1, 0.15) is 0 Å². The van der Waals surface area contributed by atoms with Gasteiger partial charge in [0, 0.05) is 31.7 Å². The Balaban J connectivity index is 1.53. The maximum atomic E-state index is 12.1. The van der Waals surface area contributed by atoms with Gasteiger partial charge in [0.2, 0.25) is 5.91 Å². The third-order valence-electron chi connectivity index (χ3n) is 4.67. The van der Waals surface area contributed by atoms with Gasteiger partial charge >= 0.3 is 6.03 Å². The number of anilines is 1. The van der Waals surface area contributed by atoms with Crippen LogP contribution in [0.15, 0.2) is 48.5 Å². The number of nitrogens with one attached hydrogen (secondary N) is 2. The minimum atomic E-state index is -0.210. The van der Waals surface area contributed by atoms with Crippen molar-refractivity contribution in [2.24, 2.45) is 0 Å². The molecule has 26 heavy (non-hydrogen) atoms. The van der Waals surface area contributed by atoms with Gasteiger partial charge in [-0.1, -0.05) is 43.3 Å². The molecule has 5 heteroatoms. The van der Waals surface area contributed by atoms with Gasteiger partial charge < -0.3 is 15.5 Å². The number of benzene rings is 2. The number of hydrogen-bond acceptors (Lipinski definition) is 2. The fourth-order valence-electron chi connectivity index (χ4n) is 3.21. The standard InChI is InChI=1S/C21H25N3O2/c1-2-20(25)24-13-11-17-8-9-19(14-18(17)15-24)23-21(26)22-12-10-16-6-4-3-5-7-16/h3-9,14H,2,10-13,15H2,1H3,(H2,22,23,26). The van der Waals surface area contributed by atoms with Crippen molar-refractivity contribution < 1.29 is 9.59 Å². The lowest BCUT2D eigenvalue weighted by atomic mass is 9.99. The molecule has 0 radical (unpaired) electrons. The molecule has 2 aromatic rings. The van der Waals surface area contributed by atoms with Crippen LogP contribution in [-0.4, -0.2) is 29.9 Å². The molecule has 0 atom stereocenters. The molecule has 0 fully saturated rings. The fraction of sp³-hybridized carbons (Fsp3) is 0.333. The predicted molar refractivity (Wildman–Crippen MR) is 103 cm³/mol. The Hall–Kier alpha value is -2.82. The Morgan fingerprint density at radius 3 is 2.65 bits per heavy atom. The van der Waals surface area contributed by atoms with Crippen LogP contribution in [-0.2, 0) is 24.2 Å². The van der Waals surface area contributed by atoms with Gasteiger partial charge in [0.05, 0.1) is 0 Å². The van der Waals surface area contributed by atoms with E-state index in [9.17, 15) is 9.59 Å². The van der Waals surface area contributed by atoms with Crippen molar-refractivity contribution in [3.8, 4) is 0 Å². The molecule has 0 saturated carbocycles. The van der Waals surface area contributed by atoms with E-state index in [1.807, 2.05) is 60.4 Å². The molecule has 0 aromatic heterocycles. The average molecular weight is 351 g/mol. The van der Waals surface area contributed by atoms with E-state index < -0.39 is 0 Å². The monoisotopic (exact) mass is 351 g/mol. The second-order valence-electron chi connectivity index (χ2n) is 6.52. The van der Waals surface area contributed by atoms with Crippen LogP contribution in [0.25, 0.3) is 0 Å². The summed E-state index contributed by atoms with van der Waals surface area (Å²) in [4.78, 5) is 25.9. The van der Waals surface area contributed by atoms with Gasteiger partial charge in [0.25, 0.3) is 0 Å². The first-order valence-corrected chi connectivity index (χ1v) is 9.14. The Morgan fingerprint density at radius 2 is 1.88 bits per heavy atom. The van der Waals surface area contributed by atoms with Crippen LogP contribution in [0, 0.1) is 0 Å². The van der Waals surface area contributed by atoms with Crippen molar-refractivity contribution in [2.45, 2.75) is 32.7 Å². The molecule has 2 aromatic carbocycles. The predicted octanol–water partition coefficient (Wildman–Crippen LogP) is 3.35. The second-order valence-corrected chi connectivity index (χ2v) is 6.52. The number of hydrogen-bond donors (Lipinski definition) is 2. The van der Waals surface area contributed by atoms with Crippen molar-refractivity contribution in [1.82, 2.24) is 10.2 Å². The van der Waals surface area contributed by atoms with Crippen LogP contribution in [0.1, 0.15) is 30.0 Å². The van der Waals surface area contributed by atoms with Gasteiger partial charge in [-0.2, -0.15) is 0 Å². The Labute approximate surface area is 154 Å². The summed E-state index contributed by atoms with van der Waals surface area (Å²) < 4.78 is 0. The molecule has 3 rings (SSSR count). The molecule has 1 heterocycles. The van der Waals surface area contributed by atoms with Crippen molar-refractivity contribution >= 4 is 17.6 Å². The molecule has 0 aliphatic carbocycles. The van der Waals surface area contributed by atoms with Crippen LogP contribution in [0.2, 0.25) is 0 Å². The molecule has 2 N–H and O–H groups in total. The third kappa shape index (κ3) is 4.63. The number of fused-ring (bicyclic) bond motifs is 1. The van der Waals surface area contributed by atoms with Gasteiger partial charge in [-0.25, -0.2) is 4.79 Å². The maximum Gasteiger partial charge on any atom is 0.319 e. The second kappa shape index (κ2) is 8.52. The highest BCUT2D eigenvalue weighted by molar-refractivity contribution is 5.89. The first-order valence-electron chi connectivity index (χ1n) is 9.14. The highest BCUT2D eigenvalue weighted by Gasteiger charge is 2.19. The number of carbonyl (C=O) groups excluding carboxylic acids is 2. The largest absolute Gasteiger partial charge is 0.338 e. The highest BCUT2D eigenvalue weighted by Crippen LogP contribution is 2.23. The SMILES string of the molecule is CCC(=O)N1CCc2ccc(NC(=O)NCCc3ccccc3)cc2C1. The molecule has 1 aliphatic heterocycles. The van der Waals surface area contributed by atoms with Crippen molar-refractivity contribution in [3.05, 3.63) is 65.2 Å². The summed E-state index contributed by atoms with van der Waals surface area (Å²) in [6.45, 7) is 3.86. The number of nitrogens with zero attached hydrogens (tertiary/aromatic N) is 1. The molecule has 0 saturated heterocycles. The highest BCUT2D eigenvalue weighted by atomic mass is 16.2. The number of rotatable bonds is 5. The van der Waals surface area contributed by atoms with Crippen molar-refractivity contribution in [3.63, 3.8) is 0 Å². The molecular formula is C21H25N3O2. The van der Waals surface area contributed by atoms with E-state index in [0.29, 0.717) is 19.5 Å². The van der Waals surface area contributed by atoms with Crippen LogP contribution in [0.3, 0.4) is 0 Å². The molecule has 0 bridgehead atoms. The zero-order valence-electron chi connectivity index (χ0n) is 15.1. The minimum Gasteiger partial charge on any atom is -0.338 e. The van der Waals surface area contributed by atoms with E-state index in [2.05, 4.69) is 10.6 Å². The fourth-order valence-corrected chi connectivity index (χ4v) is 3.21. The van der Waals surface area contributed by atoms with Crippen molar-refractivity contribution in [2.75, 3.05) is 18.4 Å². The van der Waals surface area contributed by atoms with Gasteiger partial charge in [-0.3, -0.25) is 4.79 Å². The first-order chi connectivity index (χ1) is 12.7. The van der Waals surface area contributed by atoms with E-state index in [1.165, 1.54) is 11.1 Å². The van der Waals surface area contributed by atoms with Gasteiger partial charge in [-0.05, 0) is 41.7 Å². The summed E-state index contributed by atoms with van der Waals surface area (Å²) in [6.07, 6.45) is 2.19. The zero-order chi connectivity index (χ0) is 18.4. The Kier molecular flexibility index (Phi) is 5.89. The Bertz CT molecular complexity index is 774. The number of amides is 3. The maximum absolute atomic E-state index is 12.1. The van der Waals surface area contributed by atoms with Crippen molar-refractivity contribution in [1.29, 1.82) is 0 Å². The van der Waals surface area contributed by atoms with E-state index in [4.69, 9.17) is 0 Å². The lowest BCUT2D eigenvalue weighted by Gasteiger charge is -2.29. The summed E-state index contributed by atoms with van der Waals surface area (Å²) in [5, 5.41) is 5.76. The molecule has 0 spiro atoms. The van der Waals surface area contributed by atoms with E-state index in [1.54, 1.807) is 0 Å². The topological polar surface area (TPSA) is 61.4 Å². The van der Waals surface area contributed by atoms with Crippen LogP contribution >= 0.6 is 0 Å². The smallest absolute Gasteiger partial charge is 0.319 e. The van der Waals surface area contributed by atoms with E-state index in [0.717, 1.165) is 30.6 Å². The van der Waals surface area contributed by atoms with Crippen LogP contribution in [0.5, 0.6) is 0 Å².